The van der Waals surface area contributed by atoms with Crippen LogP contribution in [0.15, 0.2) is 23.1 Å². The average molecular weight is 324 g/mol. The van der Waals surface area contributed by atoms with E-state index in [4.69, 9.17) is 0 Å². The van der Waals surface area contributed by atoms with Crippen molar-refractivity contribution in [3.05, 3.63) is 40.1 Å². The molecule has 0 amide bonds. The lowest BCUT2D eigenvalue weighted by atomic mass is 10.1. The first-order valence-corrected chi connectivity index (χ1v) is 7.10. The zero-order valence-electron chi connectivity index (χ0n) is 11.4. The summed E-state index contributed by atoms with van der Waals surface area (Å²) < 4.78 is 3.04. The monoisotopic (exact) mass is 323 g/mol. The Morgan fingerprint density at radius 1 is 1.47 bits per heavy atom. The molecule has 2 rings (SSSR count). The Kier molecular flexibility index (Phi) is 4.66. The van der Waals surface area contributed by atoms with Crippen molar-refractivity contribution in [3.63, 3.8) is 0 Å². The topological polar surface area (TPSA) is 55.6 Å². The average Bonchev–Trinajstić information content (AvgIpc) is 2.72. The summed E-state index contributed by atoms with van der Waals surface area (Å²) in [5.41, 5.74) is 3.26. The molecule has 0 fully saturated rings. The SMILES string of the molecule is CCc1nn(C)c(CC(NC)c2ccncn2)c1Br. The first kappa shape index (κ1) is 14.1. The van der Waals surface area contributed by atoms with Gasteiger partial charge in [-0.3, -0.25) is 4.68 Å². The largest absolute Gasteiger partial charge is 0.311 e. The van der Waals surface area contributed by atoms with Crippen molar-refractivity contribution in [3.8, 4) is 0 Å². The van der Waals surface area contributed by atoms with Crippen molar-refractivity contribution in [2.45, 2.75) is 25.8 Å². The Balaban J connectivity index is 2.26. The van der Waals surface area contributed by atoms with Gasteiger partial charge in [0.2, 0.25) is 0 Å². The van der Waals surface area contributed by atoms with Crippen molar-refractivity contribution >= 4 is 15.9 Å². The molecule has 1 N–H and O–H groups in total. The van der Waals surface area contributed by atoms with Crippen LogP contribution in [0.3, 0.4) is 0 Å². The number of aromatic nitrogens is 4. The molecule has 0 aliphatic heterocycles. The molecule has 0 bridgehead atoms. The first-order chi connectivity index (χ1) is 9.17. The van der Waals surface area contributed by atoms with Gasteiger partial charge in [0.05, 0.1) is 27.6 Å². The molecule has 0 spiro atoms. The van der Waals surface area contributed by atoms with Crippen LogP contribution < -0.4 is 5.32 Å². The van der Waals surface area contributed by atoms with E-state index in [-0.39, 0.29) is 6.04 Å². The third-order valence-corrected chi connectivity index (χ3v) is 4.13. The molecule has 1 atom stereocenters. The zero-order valence-corrected chi connectivity index (χ0v) is 13.0. The molecule has 19 heavy (non-hydrogen) atoms. The molecule has 0 saturated heterocycles. The molecule has 2 aromatic rings. The van der Waals surface area contributed by atoms with E-state index in [1.165, 1.54) is 5.69 Å². The van der Waals surface area contributed by atoms with E-state index in [0.717, 1.165) is 28.7 Å². The van der Waals surface area contributed by atoms with Gasteiger partial charge in [-0.05, 0) is 35.5 Å². The van der Waals surface area contributed by atoms with Crippen LogP contribution in [0.2, 0.25) is 0 Å². The Morgan fingerprint density at radius 2 is 2.26 bits per heavy atom. The molecule has 0 saturated carbocycles. The van der Waals surface area contributed by atoms with Crippen LogP contribution >= 0.6 is 15.9 Å². The Hall–Kier alpha value is -1.27. The van der Waals surface area contributed by atoms with E-state index in [2.05, 4.69) is 43.2 Å². The maximum absolute atomic E-state index is 4.52. The summed E-state index contributed by atoms with van der Waals surface area (Å²) in [6.07, 6.45) is 5.10. The van der Waals surface area contributed by atoms with Crippen LogP contribution in [0, 0.1) is 0 Å². The van der Waals surface area contributed by atoms with Gasteiger partial charge in [0, 0.05) is 19.7 Å². The minimum atomic E-state index is 0.152. The second-order valence-electron chi connectivity index (χ2n) is 4.36. The normalized spacial score (nSPS) is 12.6. The summed E-state index contributed by atoms with van der Waals surface area (Å²) in [6, 6.07) is 2.09. The van der Waals surface area contributed by atoms with Crippen LogP contribution in [0.5, 0.6) is 0 Å². The van der Waals surface area contributed by atoms with E-state index in [9.17, 15) is 0 Å². The molecule has 0 aromatic carbocycles. The second-order valence-corrected chi connectivity index (χ2v) is 5.16. The fourth-order valence-electron chi connectivity index (χ4n) is 2.10. The molecule has 102 valence electrons. The van der Waals surface area contributed by atoms with E-state index in [1.54, 1.807) is 12.5 Å². The van der Waals surface area contributed by atoms with Gasteiger partial charge in [0.25, 0.3) is 0 Å². The van der Waals surface area contributed by atoms with Gasteiger partial charge in [0.15, 0.2) is 0 Å². The predicted molar refractivity (Wildman–Crippen MR) is 77.8 cm³/mol. The summed E-state index contributed by atoms with van der Waals surface area (Å²) in [5.74, 6) is 0. The van der Waals surface area contributed by atoms with Crippen molar-refractivity contribution < 1.29 is 0 Å². The summed E-state index contributed by atoms with van der Waals surface area (Å²) in [7, 11) is 3.92. The van der Waals surface area contributed by atoms with E-state index in [1.807, 2.05) is 24.8 Å². The van der Waals surface area contributed by atoms with Crippen LogP contribution in [-0.4, -0.2) is 26.8 Å². The first-order valence-electron chi connectivity index (χ1n) is 6.30. The molecule has 2 aromatic heterocycles. The highest BCUT2D eigenvalue weighted by Gasteiger charge is 2.18. The lowest BCUT2D eigenvalue weighted by Crippen LogP contribution is -2.21. The van der Waals surface area contributed by atoms with Gasteiger partial charge in [-0.15, -0.1) is 0 Å². The Bertz CT molecular complexity index is 537. The third-order valence-electron chi connectivity index (χ3n) is 3.21. The maximum atomic E-state index is 4.52. The highest BCUT2D eigenvalue weighted by Crippen LogP contribution is 2.25. The van der Waals surface area contributed by atoms with E-state index < -0.39 is 0 Å². The standard InChI is InChI=1S/C13H18BrN5/c1-4-9-13(14)12(19(3)18-9)7-11(15-2)10-5-6-16-8-17-10/h5-6,8,11,15H,4,7H2,1-3H3. The maximum Gasteiger partial charge on any atom is 0.115 e. The zero-order chi connectivity index (χ0) is 13.8. The second kappa shape index (κ2) is 6.25. The minimum Gasteiger partial charge on any atom is -0.311 e. The molecule has 6 heteroatoms. The molecule has 0 aliphatic rings. The number of hydrogen-bond acceptors (Lipinski definition) is 4. The lowest BCUT2D eigenvalue weighted by Gasteiger charge is -2.15. The molecule has 1 unspecified atom stereocenters. The van der Waals surface area contributed by atoms with Crippen molar-refractivity contribution in [1.29, 1.82) is 0 Å². The fraction of sp³-hybridized carbons (Fsp3) is 0.462. The smallest absolute Gasteiger partial charge is 0.115 e. The van der Waals surface area contributed by atoms with Gasteiger partial charge < -0.3 is 5.32 Å². The van der Waals surface area contributed by atoms with Crippen LogP contribution in [-0.2, 0) is 19.9 Å². The molecular formula is C13H18BrN5. The van der Waals surface area contributed by atoms with Crippen molar-refractivity contribution in [2.75, 3.05) is 7.05 Å². The number of nitrogens with zero attached hydrogens (tertiary/aromatic N) is 4. The van der Waals surface area contributed by atoms with Crippen molar-refractivity contribution in [1.82, 2.24) is 25.1 Å². The molecule has 5 nitrogen and oxygen atoms in total. The van der Waals surface area contributed by atoms with E-state index >= 15 is 0 Å². The number of rotatable bonds is 5. The van der Waals surface area contributed by atoms with Gasteiger partial charge in [-0.2, -0.15) is 5.10 Å². The number of likely N-dealkylation sites (N-methyl/N-ethyl adjacent to an activating group) is 1. The van der Waals surface area contributed by atoms with Gasteiger partial charge in [0.1, 0.15) is 6.33 Å². The van der Waals surface area contributed by atoms with Gasteiger partial charge in [-0.1, -0.05) is 6.92 Å². The molecule has 2 heterocycles. The summed E-state index contributed by atoms with van der Waals surface area (Å²) in [5, 5.41) is 7.82. The van der Waals surface area contributed by atoms with Crippen LogP contribution in [0.25, 0.3) is 0 Å². The highest BCUT2D eigenvalue weighted by molar-refractivity contribution is 9.10. The van der Waals surface area contributed by atoms with E-state index in [0.29, 0.717) is 0 Å². The summed E-state index contributed by atoms with van der Waals surface area (Å²) in [6.45, 7) is 2.11. The number of halogens is 1. The fourth-order valence-corrected chi connectivity index (χ4v) is 2.87. The molecule has 0 aliphatic carbocycles. The number of hydrogen-bond donors (Lipinski definition) is 1. The number of nitrogens with one attached hydrogen (secondary N) is 1. The predicted octanol–water partition coefficient (Wildman–Crippen LogP) is 2.04. The Labute approximate surface area is 121 Å². The minimum absolute atomic E-state index is 0.152. The van der Waals surface area contributed by atoms with Crippen LogP contribution in [0.4, 0.5) is 0 Å². The lowest BCUT2D eigenvalue weighted by molar-refractivity contribution is 0.546. The quantitative estimate of drug-likeness (QED) is 0.914. The highest BCUT2D eigenvalue weighted by atomic mass is 79.9. The molecule has 0 radical (unpaired) electrons. The molecular weight excluding hydrogens is 306 g/mol. The van der Waals surface area contributed by atoms with Crippen LogP contribution in [0.1, 0.15) is 30.0 Å². The Morgan fingerprint density at radius 3 is 2.79 bits per heavy atom. The third kappa shape index (κ3) is 3.01. The summed E-state index contributed by atoms with van der Waals surface area (Å²) >= 11 is 3.65. The summed E-state index contributed by atoms with van der Waals surface area (Å²) in [4.78, 5) is 8.27. The number of aryl methyl sites for hydroxylation is 2. The van der Waals surface area contributed by atoms with Crippen molar-refractivity contribution in [2.24, 2.45) is 7.05 Å². The van der Waals surface area contributed by atoms with Gasteiger partial charge in [-0.25, -0.2) is 9.97 Å². The van der Waals surface area contributed by atoms with Gasteiger partial charge >= 0.3 is 0 Å².